The average molecular weight is 692 g/mol. The lowest BCUT2D eigenvalue weighted by molar-refractivity contribution is -0.138. The van der Waals surface area contributed by atoms with Gasteiger partial charge in [0.25, 0.3) is 11.5 Å². The van der Waals surface area contributed by atoms with Crippen LogP contribution in [-0.2, 0) is 15.7 Å². The highest BCUT2D eigenvalue weighted by Gasteiger charge is 2.31. The summed E-state index contributed by atoms with van der Waals surface area (Å²) in [6.07, 6.45) is -3.20. The first-order valence-corrected chi connectivity index (χ1v) is 13.8. The van der Waals surface area contributed by atoms with Gasteiger partial charge >= 0.3 is 6.18 Å². The maximum Gasteiger partial charge on any atom is 0.416 e. The van der Waals surface area contributed by atoms with E-state index in [4.69, 9.17) is 14.2 Å². The molecule has 0 atom stereocenters. The van der Waals surface area contributed by atoms with Gasteiger partial charge in [-0.05, 0) is 64.6 Å². The van der Waals surface area contributed by atoms with Gasteiger partial charge in [-0.2, -0.15) is 22.9 Å². The molecule has 5 rings (SSSR count). The highest BCUT2D eigenvalue weighted by atomic mass is 127. The first-order valence-electron chi connectivity index (χ1n) is 12.8. The Bertz CT molecular complexity index is 1720. The van der Waals surface area contributed by atoms with E-state index in [2.05, 4.69) is 10.1 Å². The number of ether oxygens (including phenoxy) is 3. The molecule has 1 amide bonds. The number of hydrogen-bond acceptors (Lipinski definition) is 7. The number of halogens is 4. The number of para-hydroxylation sites is 1. The molecular formula is C29H24F3IN4O5. The largest absolute Gasteiger partial charge is 0.493 e. The number of fused-ring (bicyclic) bond motifs is 1. The van der Waals surface area contributed by atoms with Crippen LogP contribution in [0.25, 0.3) is 22.3 Å². The number of carbonyl (C=O) groups excluding carboxylic acids is 1. The summed E-state index contributed by atoms with van der Waals surface area (Å²) in [5.74, 6) is 0.475. The fourth-order valence-electron chi connectivity index (χ4n) is 4.37. The highest BCUT2D eigenvalue weighted by Crippen LogP contribution is 2.34. The molecule has 3 aromatic carbocycles. The molecule has 9 nitrogen and oxygen atoms in total. The Morgan fingerprint density at radius 2 is 1.88 bits per heavy atom. The minimum Gasteiger partial charge on any atom is -0.493 e. The van der Waals surface area contributed by atoms with E-state index in [0.29, 0.717) is 52.5 Å². The van der Waals surface area contributed by atoms with Crippen molar-refractivity contribution in [2.75, 3.05) is 40.0 Å². The molecule has 0 aliphatic carbocycles. The molecule has 0 spiro atoms. The van der Waals surface area contributed by atoms with E-state index in [0.717, 1.165) is 16.8 Å². The smallest absolute Gasteiger partial charge is 0.416 e. The van der Waals surface area contributed by atoms with Crippen molar-refractivity contribution in [1.29, 1.82) is 0 Å². The third kappa shape index (κ3) is 6.41. The van der Waals surface area contributed by atoms with Gasteiger partial charge < -0.3 is 19.1 Å². The third-order valence-corrected chi connectivity index (χ3v) is 7.28. The van der Waals surface area contributed by atoms with E-state index in [1.165, 1.54) is 25.5 Å². The van der Waals surface area contributed by atoms with Gasteiger partial charge in [0.1, 0.15) is 0 Å². The number of rotatable bonds is 7. The molecule has 0 unspecified atom stereocenters. The lowest BCUT2D eigenvalue weighted by Gasteiger charge is -2.27. The molecule has 1 aliphatic rings. The summed E-state index contributed by atoms with van der Waals surface area (Å²) >= 11 is 2.04. The van der Waals surface area contributed by atoms with Crippen LogP contribution >= 0.6 is 22.6 Å². The first-order chi connectivity index (χ1) is 20.2. The minimum absolute atomic E-state index is 0.0516. The Hall–Kier alpha value is -3.98. The molecule has 0 N–H and O–H groups in total. The van der Waals surface area contributed by atoms with Crippen molar-refractivity contribution >= 4 is 45.6 Å². The van der Waals surface area contributed by atoms with Crippen LogP contribution < -0.4 is 15.0 Å². The molecular weight excluding hydrogens is 668 g/mol. The number of methoxy groups -OCH3 is 1. The molecule has 4 aromatic rings. The molecule has 1 aromatic heterocycles. The number of morpholine rings is 1. The zero-order valence-electron chi connectivity index (χ0n) is 22.2. The Morgan fingerprint density at radius 3 is 2.62 bits per heavy atom. The molecule has 1 fully saturated rings. The Kier molecular flexibility index (Phi) is 8.77. The molecule has 1 aliphatic heterocycles. The molecule has 13 heteroatoms. The van der Waals surface area contributed by atoms with Gasteiger partial charge in [-0.25, -0.2) is 4.98 Å². The van der Waals surface area contributed by atoms with Gasteiger partial charge in [0, 0.05) is 18.7 Å². The molecule has 0 bridgehead atoms. The van der Waals surface area contributed by atoms with E-state index < -0.39 is 17.3 Å². The fraction of sp³-hybridized carbons (Fsp3) is 0.241. The van der Waals surface area contributed by atoms with Crippen molar-refractivity contribution in [2.45, 2.75) is 6.18 Å². The van der Waals surface area contributed by atoms with Crippen LogP contribution in [0.2, 0.25) is 0 Å². The normalized spacial score (nSPS) is 14.0. The van der Waals surface area contributed by atoms with E-state index in [9.17, 15) is 22.8 Å². The van der Waals surface area contributed by atoms with Crippen LogP contribution in [0.1, 0.15) is 11.1 Å². The lowest BCUT2D eigenvalue weighted by Crippen LogP contribution is -2.43. The SMILES string of the molecule is COc1cc(C=Nn2c(-c3cccc(C(F)(F)F)c3)nc3ccccc3c2=O)cc(I)c1OCC(=O)N1CCOCC1. The number of hydrogen-bond donors (Lipinski definition) is 0. The number of nitrogens with zero attached hydrogens (tertiary/aromatic N) is 4. The summed E-state index contributed by atoms with van der Waals surface area (Å²) in [7, 11) is 1.45. The monoisotopic (exact) mass is 692 g/mol. The third-order valence-electron chi connectivity index (χ3n) is 6.48. The highest BCUT2D eigenvalue weighted by molar-refractivity contribution is 14.1. The Labute approximate surface area is 251 Å². The van der Waals surface area contributed by atoms with Crippen molar-refractivity contribution in [2.24, 2.45) is 5.10 Å². The molecule has 1 saturated heterocycles. The van der Waals surface area contributed by atoms with E-state index in [1.54, 1.807) is 41.3 Å². The van der Waals surface area contributed by atoms with Crippen molar-refractivity contribution in [3.8, 4) is 22.9 Å². The lowest BCUT2D eigenvalue weighted by atomic mass is 10.1. The molecule has 2 heterocycles. The first kappa shape index (κ1) is 29.5. The van der Waals surface area contributed by atoms with Crippen LogP contribution in [0.15, 0.2) is 70.6 Å². The van der Waals surface area contributed by atoms with E-state index in [1.807, 2.05) is 22.6 Å². The van der Waals surface area contributed by atoms with Crippen LogP contribution in [0, 0.1) is 3.57 Å². The van der Waals surface area contributed by atoms with Crippen molar-refractivity contribution < 1.29 is 32.2 Å². The maximum atomic E-state index is 13.5. The summed E-state index contributed by atoms with van der Waals surface area (Å²) in [6, 6.07) is 14.4. The second-order valence-corrected chi connectivity index (χ2v) is 10.4. The van der Waals surface area contributed by atoms with Gasteiger partial charge in [-0.3, -0.25) is 9.59 Å². The number of carbonyl (C=O) groups is 1. The van der Waals surface area contributed by atoms with Crippen molar-refractivity contribution in [1.82, 2.24) is 14.6 Å². The van der Waals surface area contributed by atoms with Crippen molar-refractivity contribution in [3.05, 3.63) is 85.7 Å². The molecule has 0 saturated carbocycles. The van der Waals surface area contributed by atoms with Crippen LogP contribution in [0.4, 0.5) is 13.2 Å². The van der Waals surface area contributed by atoms with Gasteiger partial charge in [0.2, 0.25) is 0 Å². The number of alkyl halides is 3. The second kappa shape index (κ2) is 12.5. The van der Waals surface area contributed by atoms with Crippen molar-refractivity contribution in [3.63, 3.8) is 0 Å². The quantitative estimate of drug-likeness (QED) is 0.204. The summed E-state index contributed by atoms with van der Waals surface area (Å²) < 4.78 is 58.5. The van der Waals surface area contributed by atoms with Crippen LogP contribution in [-0.4, -0.2) is 66.7 Å². The summed E-state index contributed by atoms with van der Waals surface area (Å²) in [5, 5.41) is 4.59. The van der Waals surface area contributed by atoms with Crippen LogP contribution in [0.5, 0.6) is 11.5 Å². The predicted octanol–water partition coefficient (Wildman–Crippen LogP) is 4.82. The van der Waals surface area contributed by atoms with Gasteiger partial charge in [-0.15, -0.1) is 0 Å². The molecule has 218 valence electrons. The van der Waals surface area contributed by atoms with Gasteiger partial charge in [-0.1, -0.05) is 24.3 Å². The maximum absolute atomic E-state index is 13.5. The Balaban J connectivity index is 1.50. The summed E-state index contributed by atoms with van der Waals surface area (Å²) in [6.45, 7) is 1.77. The summed E-state index contributed by atoms with van der Waals surface area (Å²) in [4.78, 5) is 32.1. The van der Waals surface area contributed by atoms with E-state index in [-0.39, 0.29) is 29.3 Å². The predicted molar refractivity (Wildman–Crippen MR) is 158 cm³/mol. The van der Waals surface area contributed by atoms with E-state index >= 15 is 0 Å². The zero-order valence-corrected chi connectivity index (χ0v) is 24.4. The second-order valence-electron chi connectivity index (χ2n) is 9.21. The fourth-order valence-corrected chi connectivity index (χ4v) is 5.15. The zero-order chi connectivity index (χ0) is 29.9. The summed E-state index contributed by atoms with van der Waals surface area (Å²) in [5.41, 5.74) is -0.512. The molecule has 42 heavy (non-hydrogen) atoms. The molecule has 0 radical (unpaired) electrons. The topological polar surface area (TPSA) is 95.2 Å². The number of aromatic nitrogens is 2. The standard InChI is InChI=1S/C29H24F3IN4O5/c1-40-24-14-18(13-22(33)26(24)42-17-25(38)36-9-11-41-12-10-36)16-34-37-27(19-5-4-6-20(15-19)29(30,31)32)35-23-8-3-2-7-21(23)28(37)39/h2-8,13-16H,9-12,17H2,1H3. The van der Waals surface area contributed by atoms with Gasteiger partial charge in [0.05, 0.1) is 46.6 Å². The van der Waals surface area contributed by atoms with Gasteiger partial charge in [0.15, 0.2) is 23.9 Å². The van der Waals surface area contributed by atoms with Crippen LogP contribution in [0.3, 0.4) is 0 Å². The Morgan fingerprint density at radius 1 is 1.12 bits per heavy atom. The minimum atomic E-state index is -4.58. The number of amides is 1. The number of benzene rings is 3. The average Bonchev–Trinajstić information content (AvgIpc) is 2.99.